The first kappa shape index (κ1) is 10.6. The molecule has 0 saturated heterocycles. The van der Waals surface area contributed by atoms with E-state index in [0.29, 0.717) is 5.57 Å². The molecule has 0 radical (unpaired) electrons. The first-order valence-electron chi connectivity index (χ1n) is 5.14. The van der Waals surface area contributed by atoms with Gasteiger partial charge in [-0.15, -0.1) is 0 Å². The highest BCUT2D eigenvalue weighted by molar-refractivity contribution is 6.33. The topological polar surface area (TPSA) is 46.2 Å². The molecule has 1 N–H and O–H groups in total. The Morgan fingerprint density at radius 1 is 1.00 bits per heavy atom. The summed E-state index contributed by atoms with van der Waals surface area (Å²) in [5.41, 5.74) is 4.54. The second-order valence-corrected chi connectivity index (χ2v) is 4.15. The molecule has 0 atom stereocenters. The first-order valence-corrected chi connectivity index (χ1v) is 5.14. The molecule has 0 bridgehead atoms. The lowest BCUT2D eigenvalue weighted by atomic mass is 9.94. The molecule has 2 rings (SSSR count). The van der Waals surface area contributed by atoms with Gasteiger partial charge >= 0.3 is 0 Å². The normalized spacial score (nSPS) is 15.1. The molecule has 0 aliphatic carbocycles. The average Bonchev–Trinajstić information content (AvgIpc) is 2.43. The molecule has 1 aromatic carbocycles. The fourth-order valence-corrected chi connectivity index (χ4v) is 2.20. The summed E-state index contributed by atoms with van der Waals surface area (Å²) in [6.45, 7) is 5.91. The summed E-state index contributed by atoms with van der Waals surface area (Å²) in [7, 11) is 0. The lowest BCUT2D eigenvalue weighted by Crippen LogP contribution is -2.22. The van der Waals surface area contributed by atoms with E-state index in [1.54, 1.807) is 0 Å². The molecule has 1 aromatic rings. The van der Waals surface area contributed by atoms with E-state index in [9.17, 15) is 9.59 Å². The van der Waals surface area contributed by atoms with Gasteiger partial charge in [-0.1, -0.05) is 17.7 Å². The number of benzene rings is 1. The zero-order valence-corrected chi connectivity index (χ0v) is 9.55. The fraction of sp³-hybridized carbons (Fsp3) is 0.231. The molecule has 2 amide bonds. The van der Waals surface area contributed by atoms with Crippen molar-refractivity contribution in [3.05, 3.63) is 40.5 Å². The number of amides is 2. The van der Waals surface area contributed by atoms with Crippen molar-refractivity contribution < 1.29 is 9.59 Å². The van der Waals surface area contributed by atoms with Crippen molar-refractivity contribution in [3.63, 3.8) is 0 Å². The Morgan fingerprint density at radius 3 is 2.00 bits per heavy atom. The molecular formula is C13H13NO2. The molecule has 0 spiro atoms. The van der Waals surface area contributed by atoms with Crippen molar-refractivity contribution in [3.8, 4) is 0 Å². The van der Waals surface area contributed by atoms with Gasteiger partial charge in [0.1, 0.15) is 0 Å². The number of carbonyl (C=O) groups is 2. The third kappa shape index (κ3) is 1.65. The number of aryl methyl sites for hydroxylation is 3. The molecule has 0 unspecified atom stereocenters. The monoisotopic (exact) mass is 215 g/mol. The first-order chi connectivity index (χ1) is 7.49. The van der Waals surface area contributed by atoms with Gasteiger partial charge in [0.2, 0.25) is 0 Å². The Labute approximate surface area is 94.2 Å². The van der Waals surface area contributed by atoms with Crippen LogP contribution in [0, 0.1) is 20.8 Å². The molecule has 1 aliphatic rings. The lowest BCUT2D eigenvalue weighted by molar-refractivity contribution is -0.123. The van der Waals surface area contributed by atoms with Gasteiger partial charge in [0.25, 0.3) is 11.8 Å². The highest BCUT2D eigenvalue weighted by Gasteiger charge is 2.24. The van der Waals surface area contributed by atoms with Crippen LogP contribution >= 0.6 is 0 Å². The maximum Gasteiger partial charge on any atom is 0.258 e. The molecule has 3 nitrogen and oxygen atoms in total. The van der Waals surface area contributed by atoms with Gasteiger partial charge in [-0.2, -0.15) is 0 Å². The predicted molar refractivity (Wildman–Crippen MR) is 61.8 cm³/mol. The molecule has 3 heteroatoms. The molecule has 1 heterocycles. The van der Waals surface area contributed by atoms with Gasteiger partial charge in [0, 0.05) is 6.08 Å². The van der Waals surface area contributed by atoms with Crippen LogP contribution in [0.2, 0.25) is 0 Å². The van der Waals surface area contributed by atoms with Crippen molar-refractivity contribution in [1.29, 1.82) is 0 Å². The van der Waals surface area contributed by atoms with Gasteiger partial charge in [-0.3, -0.25) is 14.9 Å². The van der Waals surface area contributed by atoms with E-state index < -0.39 is 0 Å². The Hall–Kier alpha value is -1.90. The quantitative estimate of drug-likeness (QED) is 0.724. The minimum Gasteiger partial charge on any atom is -0.289 e. The SMILES string of the molecule is Cc1cc(C)c(C2=CC(=O)NC2=O)c(C)c1. The number of carbonyl (C=O) groups excluding carboxylic acids is 2. The van der Waals surface area contributed by atoms with Crippen LogP contribution < -0.4 is 5.32 Å². The Balaban J connectivity index is 2.61. The van der Waals surface area contributed by atoms with Gasteiger partial charge in [-0.05, 0) is 37.5 Å². The van der Waals surface area contributed by atoms with Crippen LogP contribution in [0.4, 0.5) is 0 Å². The van der Waals surface area contributed by atoms with Crippen LogP contribution in [0.1, 0.15) is 22.3 Å². The largest absolute Gasteiger partial charge is 0.289 e. The Bertz CT molecular complexity index is 504. The van der Waals surface area contributed by atoms with Gasteiger partial charge in [0.05, 0.1) is 5.57 Å². The average molecular weight is 215 g/mol. The summed E-state index contributed by atoms with van der Waals surface area (Å²) < 4.78 is 0. The molecule has 0 aromatic heterocycles. The van der Waals surface area contributed by atoms with Crippen molar-refractivity contribution in [1.82, 2.24) is 5.32 Å². The molecule has 16 heavy (non-hydrogen) atoms. The standard InChI is InChI=1S/C13H13NO2/c1-7-4-8(2)12(9(3)5-7)10-6-11(15)14-13(10)16/h4-6H,1-3H3,(H,14,15,16). The number of hydrogen-bond acceptors (Lipinski definition) is 2. The van der Waals surface area contributed by atoms with Crippen molar-refractivity contribution in [2.75, 3.05) is 0 Å². The third-order valence-electron chi connectivity index (χ3n) is 2.70. The minimum atomic E-state index is -0.334. The summed E-state index contributed by atoms with van der Waals surface area (Å²) in [6, 6.07) is 4.03. The van der Waals surface area contributed by atoms with E-state index in [-0.39, 0.29) is 11.8 Å². The lowest BCUT2D eigenvalue weighted by Gasteiger charge is -2.10. The highest BCUT2D eigenvalue weighted by atomic mass is 16.2. The summed E-state index contributed by atoms with van der Waals surface area (Å²) in [5, 5.41) is 2.26. The second kappa shape index (κ2) is 3.59. The summed E-state index contributed by atoms with van der Waals surface area (Å²) in [6.07, 6.45) is 1.37. The molecule has 1 aliphatic heterocycles. The summed E-state index contributed by atoms with van der Waals surface area (Å²) in [4.78, 5) is 22.7. The molecular weight excluding hydrogens is 202 g/mol. The van der Waals surface area contributed by atoms with Crippen molar-refractivity contribution in [2.45, 2.75) is 20.8 Å². The number of nitrogens with one attached hydrogen (secondary N) is 1. The van der Waals surface area contributed by atoms with E-state index in [0.717, 1.165) is 22.3 Å². The molecule has 0 fully saturated rings. The summed E-state index contributed by atoms with van der Waals surface area (Å²) in [5.74, 6) is -0.639. The predicted octanol–water partition coefficient (Wildman–Crippen LogP) is 1.65. The van der Waals surface area contributed by atoms with Gasteiger partial charge < -0.3 is 0 Å². The number of hydrogen-bond donors (Lipinski definition) is 1. The van der Waals surface area contributed by atoms with Gasteiger partial charge in [0.15, 0.2) is 0 Å². The maximum absolute atomic E-state index is 11.6. The van der Waals surface area contributed by atoms with Crippen LogP contribution in [0.15, 0.2) is 18.2 Å². The van der Waals surface area contributed by atoms with E-state index >= 15 is 0 Å². The van der Waals surface area contributed by atoms with Crippen molar-refractivity contribution in [2.24, 2.45) is 0 Å². The van der Waals surface area contributed by atoms with Crippen LogP contribution in [0.3, 0.4) is 0 Å². The number of imide groups is 1. The fourth-order valence-electron chi connectivity index (χ4n) is 2.20. The zero-order valence-electron chi connectivity index (χ0n) is 9.55. The smallest absolute Gasteiger partial charge is 0.258 e. The molecule has 0 saturated carbocycles. The minimum absolute atomic E-state index is 0.306. The maximum atomic E-state index is 11.6. The number of rotatable bonds is 1. The molecule has 82 valence electrons. The van der Waals surface area contributed by atoms with E-state index in [4.69, 9.17) is 0 Å². The van der Waals surface area contributed by atoms with E-state index in [1.165, 1.54) is 6.08 Å². The van der Waals surface area contributed by atoms with Crippen LogP contribution in [0.25, 0.3) is 5.57 Å². The van der Waals surface area contributed by atoms with Crippen LogP contribution in [-0.4, -0.2) is 11.8 Å². The second-order valence-electron chi connectivity index (χ2n) is 4.15. The third-order valence-corrected chi connectivity index (χ3v) is 2.70. The Morgan fingerprint density at radius 2 is 1.56 bits per heavy atom. The van der Waals surface area contributed by atoms with Crippen LogP contribution in [-0.2, 0) is 9.59 Å². The van der Waals surface area contributed by atoms with Gasteiger partial charge in [-0.25, -0.2) is 0 Å². The van der Waals surface area contributed by atoms with Crippen molar-refractivity contribution >= 4 is 17.4 Å². The highest BCUT2D eigenvalue weighted by Crippen LogP contribution is 2.26. The van der Waals surface area contributed by atoms with Crippen LogP contribution in [0.5, 0.6) is 0 Å². The van der Waals surface area contributed by atoms with E-state index in [1.807, 2.05) is 32.9 Å². The Kier molecular flexibility index (Phi) is 2.38. The zero-order chi connectivity index (χ0) is 11.9. The van der Waals surface area contributed by atoms with E-state index in [2.05, 4.69) is 5.32 Å². The summed E-state index contributed by atoms with van der Waals surface area (Å²) >= 11 is 0.